The monoisotopic (exact) mass is 374 g/mol. The van der Waals surface area contributed by atoms with Crippen molar-refractivity contribution < 1.29 is 9.72 Å². The van der Waals surface area contributed by atoms with E-state index in [1.165, 1.54) is 18.1 Å². The maximum absolute atomic E-state index is 12.4. The standard InChI is InChI=1S/C18H18N2O3S2/c1-12-6-7-13(11-16(12)20(22)23)17(21)19-15-5-2-4-14(10-15)18-24-8-3-9-25-18/h2,4-7,10-11,18H,3,8-9H2,1H3,(H,19,21). The molecule has 7 heteroatoms. The van der Waals surface area contributed by atoms with Gasteiger partial charge in [0.15, 0.2) is 0 Å². The van der Waals surface area contributed by atoms with Crippen LogP contribution >= 0.6 is 23.5 Å². The first kappa shape index (κ1) is 17.8. The number of benzene rings is 2. The van der Waals surface area contributed by atoms with Crippen molar-refractivity contribution in [1.29, 1.82) is 0 Å². The van der Waals surface area contributed by atoms with Crippen molar-refractivity contribution in [2.75, 3.05) is 16.8 Å². The van der Waals surface area contributed by atoms with Crippen LogP contribution in [0.4, 0.5) is 11.4 Å². The highest BCUT2D eigenvalue weighted by atomic mass is 32.2. The lowest BCUT2D eigenvalue weighted by molar-refractivity contribution is -0.385. The predicted octanol–water partition coefficient (Wildman–Crippen LogP) is 5.02. The number of rotatable bonds is 4. The number of amides is 1. The van der Waals surface area contributed by atoms with Crippen molar-refractivity contribution in [3.05, 3.63) is 69.3 Å². The molecular formula is C18H18N2O3S2. The van der Waals surface area contributed by atoms with E-state index in [4.69, 9.17) is 0 Å². The van der Waals surface area contributed by atoms with E-state index in [1.807, 2.05) is 41.7 Å². The Hall–Kier alpha value is -1.99. The van der Waals surface area contributed by atoms with E-state index in [-0.39, 0.29) is 17.2 Å². The molecule has 0 radical (unpaired) electrons. The van der Waals surface area contributed by atoms with Gasteiger partial charge in [-0.15, -0.1) is 23.5 Å². The molecule has 2 aromatic rings. The summed E-state index contributed by atoms with van der Waals surface area (Å²) in [6, 6.07) is 12.3. The Morgan fingerprint density at radius 2 is 1.96 bits per heavy atom. The summed E-state index contributed by atoms with van der Waals surface area (Å²) in [7, 11) is 0. The van der Waals surface area contributed by atoms with Crippen LogP contribution in [0, 0.1) is 17.0 Å². The number of nitrogens with one attached hydrogen (secondary N) is 1. The first-order valence-corrected chi connectivity index (χ1v) is 10.0. The number of anilines is 1. The van der Waals surface area contributed by atoms with Gasteiger partial charge in [-0.05, 0) is 48.6 Å². The molecule has 1 fully saturated rings. The highest BCUT2D eigenvalue weighted by molar-refractivity contribution is 8.16. The number of nitro benzene ring substituents is 1. The summed E-state index contributed by atoms with van der Waals surface area (Å²) in [5, 5.41) is 13.9. The third kappa shape index (κ3) is 4.35. The Labute approximate surface area is 154 Å². The molecule has 0 aromatic heterocycles. The molecule has 1 aliphatic heterocycles. The second-order valence-corrected chi connectivity index (χ2v) is 8.49. The third-order valence-corrected chi connectivity index (χ3v) is 6.93. The van der Waals surface area contributed by atoms with Crippen LogP contribution < -0.4 is 5.32 Å². The fourth-order valence-electron chi connectivity index (χ4n) is 2.59. The molecule has 0 aliphatic carbocycles. The lowest BCUT2D eigenvalue weighted by Gasteiger charge is -2.21. The van der Waals surface area contributed by atoms with Gasteiger partial charge in [0, 0.05) is 22.9 Å². The quantitative estimate of drug-likeness (QED) is 0.601. The Morgan fingerprint density at radius 3 is 2.68 bits per heavy atom. The number of carbonyl (C=O) groups is 1. The van der Waals surface area contributed by atoms with Gasteiger partial charge in [-0.2, -0.15) is 0 Å². The van der Waals surface area contributed by atoms with Crippen molar-refractivity contribution in [2.24, 2.45) is 0 Å². The average molecular weight is 374 g/mol. The number of hydrogen-bond donors (Lipinski definition) is 1. The lowest BCUT2D eigenvalue weighted by Crippen LogP contribution is -2.12. The fraction of sp³-hybridized carbons (Fsp3) is 0.278. The van der Waals surface area contributed by atoms with Crippen molar-refractivity contribution >= 4 is 40.8 Å². The Kier molecular flexibility index (Phi) is 5.65. The molecule has 3 rings (SSSR count). The van der Waals surface area contributed by atoms with Crippen molar-refractivity contribution in [2.45, 2.75) is 17.9 Å². The SMILES string of the molecule is Cc1ccc(C(=O)Nc2cccc(C3SCCCS3)c2)cc1[N+](=O)[O-]. The van der Waals surface area contributed by atoms with Crippen molar-refractivity contribution in [3.63, 3.8) is 0 Å². The van der Waals surface area contributed by atoms with E-state index in [1.54, 1.807) is 19.1 Å². The first-order chi connectivity index (χ1) is 12.0. The minimum absolute atomic E-state index is 0.0450. The van der Waals surface area contributed by atoms with Gasteiger partial charge in [-0.25, -0.2) is 0 Å². The van der Waals surface area contributed by atoms with Gasteiger partial charge in [-0.3, -0.25) is 14.9 Å². The van der Waals surface area contributed by atoms with Gasteiger partial charge >= 0.3 is 0 Å². The van der Waals surface area contributed by atoms with Crippen molar-refractivity contribution in [1.82, 2.24) is 0 Å². The number of aryl methyl sites for hydroxylation is 1. The summed E-state index contributed by atoms with van der Waals surface area (Å²) in [6.45, 7) is 1.66. The molecule has 0 unspecified atom stereocenters. The maximum atomic E-state index is 12.4. The Balaban J connectivity index is 1.77. The molecule has 0 atom stereocenters. The number of carbonyl (C=O) groups excluding carboxylic acids is 1. The number of hydrogen-bond acceptors (Lipinski definition) is 5. The minimum Gasteiger partial charge on any atom is -0.322 e. The molecule has 1 aliphatic rings. The van der Waals surface area contributed by atoms with Gasteiger partial charge in [0.2, 0.25) is 0 Å². The van der Waals surface area contributed by atoms with Crippen LogP contribution in [-0.4, -0.2) is 22.3 Å². The Bertz CT molecular complexity index is 805. The summed E-state index contributed by atoms with van der Waals surface area (Å²) in [5.41, 5.74) is 2.66. The van der Waals surface area contributed by atoms with Crippen LogP contribution in [-0.2, 0) is 0 Å². The molecule has 0 spiro atoms. The highest BCUT2D eigenvalue weighted by Gasteiger charge is 2.18. The second kappa shape index (κ2) is 7.93. The molecule has 1 heterocycles. The smallest absolute Gasteiger partial charge is 0.273 e. The zero-order chi connectivity index (χ0) is 17.8. The molecular weight excluding hydrogens is 356 g/mol. The molecule has 1 N–H and O–H groups in total. The number of nitrogens with zero attached hydrogens (tertiary/aromatic N) is 1. The zero-order valence-corrected chi connectivity index (χ0v) is 15.4. The van der Waals surface area contributed by atoms with E-state index < -0.39 is 4.92 Å². The number of thioether (sulfide) groups is 2. The molecule has 0 saturated carbocycles. The lowest BCUT2D eigenvalue weighted by atomic mass is 10.1. The largest absolute Gasteiger partial charge is 0.322 e. The summed E-state index contributed by atoms with van der Waals surface area (Å²) in [4.78, 5) is 23.0. The molecule has 130 valence electrons. The normalized spacial score (nSPS) is 14.9. The van der Waals surface area contributed by atoms with E-state index in [2.05, 4.69) is 11.4 Å². The summed E-state index contributed by atoms with van der Waals surface area (Å²) >= 11 is 3.84. The van der Waals surface area contributed by atoms with Crippen LogP contribution in [0.1, 0.15) is 32.5 Å². The minimum atomic E-state index is -0.468. The van der Waals surface area contributed by atoms with Gasteiger partial charge < -0.3 is 5.32 Å². The summed E-state index contributed by atoms with van der Waals surface area (Å²) < 4.78 is 0.395. The molecule has 1 amide bonds. The molecule has 5 nitrogen and oxygen atoms in total. The fourth-order valence-corrected chi connectivity index (χ4v) is 5.47. The predicted molar refractivity (Wildman–Crippen MR) is 105 cm³/mol. The summed E-state index contributed by atoms with van der Waals surface area (Å²) in [5.74, 6) is 1.96. The van der Waals surface area contributed by atoms with Gasteiger partial charge in [0.25, 0.3) is 11.6 Å². The highest BCUT2D eigenvalue weighted by Crippen LogP contribution is 2.44. The topological polar surface area (TPSA) is 72.2 Å². The van der Waals surface area contributed by atoms with Gasteiger partial charge in [-0.1, -0.05) is 18.2 Å². The first-order valence-electron chi connectivity index (χ1n) is 7.94. The van der Waals surface area contributed by atoms with Gasteiger partial charge in [0.05, 0.1) is 9.51 Å². The molecule has 2 aromatic carbocycles. The third-order valence-electron chi connectivity index (χ3n) is 3.91. The molecule has 25 heavy (non-hydrogen) atoms. The second-order valence-electron chi connectivity index (χ2n) is 5.77. The van der Waals surface area contributed by atoms with Crippen LogP contribution in [0.5, 0.6) is 0 Å². The molecule has 1 saturated heterocycles. The van der Waals surface area contributed by atoms with Crippen LogP contribution in [0.2, 0.25) is 0 Å². The van der Waals surface area contributed by atoms with E-state index >= 15 is 0 Å². The van der Waals surface area contributed by atoms with E-state index in [0.717, 1.165) is 11.5 Å². The van der Waals surface area contributed by atoms with Crippen LogP contribution in [0.3, 0.4) is 0 Å². The number of nitro groups is 1. The Morgan fingerprint density at radius 1 is 1.20 bits per heavy atom. The van der Waals surface area contributed by atoms with Crippen LogP contribution in [0.15, 0.2) is 42.5 Å². The van der Waals surface area contributed by atoms with Crippen molar-refractivity contribution in [3.8, 4) is 0 Å². The maximum Gasteiger partial charge on any atom is 0.273 e. The van der Waals surface area contributed by atoms with E-state index in [9.17, 15) is 14.9 Å². The van der Waals surface area contributed by atoms with Crippen LogP contribution in [0.25, 0.3) is 0 Å². The van der Waals surface area contributed by atoms with E-state index in [0.29, 0.717) is 15.8 Å². The summed E-state index contributed by atoms with van der Waals surface area (Å²) in [6.07, 6.45) is 1.23. The zero-order valence-electron chi connectivity index (χ0n) is 13.7. The molecule has 0 bridgehead atoms. The van der Waals surface area contributed by atoms with Gasteiger partial charge in [0.1, 0.15) is 0 Å². The average Bonchev–Trinajstić information content (AvgIpc) is 2.62.